The molecule has 36 heavy (non-hydrogen) atoms. The first-order valence-electron chi connectivity index (χ1n) is 11.9. The maximum atomic E-state index is 12.9. The van der Waals surface area contributed by atoms with E-state index in [0.29, 0.717) is 30.0 Å². The summed E-state index contributed by atoms with van der Waals surface area (Å²) >= 11 is 1.70. The van der Waals surface area contributed by atoms with Crippen molar-refractivity contribution in [3.63, 3.8) is 0 Å². The molecular weight excluding hydrogens is 470 g/mol. The Hall–Kier alpha value is -3.97. The van der Waals surface area contributed by atoms with Crippen molar-refractivity contribution in [3.8, 4) is 5.75 Å². The molecule has 0 aliphatic rings. The Morgan fingerprint density at radius 1 is 1.00 bits per heavy atom. The summed E-state index contributed by atoms with van der Waals surface area (Å²) < 4.78 is 5.86. The Kier molecular flexibility index (Phi) is 8.83. The third kappa shape index (κ3) is 7.52. The highest BCUT2D eigenvalue weighted by Crippen LogP contribution is 2.21. The summed E-state index contributed by atoms with van der Waals surface area (Å²) in [5.74, 6) is 0.444. The molecule has 184 valence electrons. The highest BCUT2D eigenvalue weighted by Gasteiger charge is 2.13. The molecule has 4 aromatic rings. The third-order valence-electron chi connectivity index (χ3n) is 5.63. The Balaban J connectivity index is 1.29. The van der Waals surface area contributed by atoms with Crippen LogP contribution in [0.25, 0.3) is 0 Å². The lowest BCUT2D eigenvalue weighted by atomic mass is 10.1. The fraction of sp³-hybridized carbons (Fsp3) is 0.207. The van der Waals surface area contributed by atoms with E-state index in [1.54, 1.807) is 41.8 Å². The molecule has 7 heteroatoms. The van der Waals surface area contributed by atoms with E-state index in [2.05, 4.69) is 21.7 Å². The number of aryl methyl sites for hydroxylation is 1. The van der Waals surface area contributed by atoms with Crippen LogP contribution in [0.15, 0.2) is 90.4 Å². The number of anilines is 1. The van der Waals surface area contributed by atoms with Crippen molar-refractivity contribution in [3.05, 3.63) is 112 Å². The van der Waals surface area contributed by atoms with Crippen molar-refractivity contribution in [2.45, 2.75) is 38.8 Å². The molecule has 1 atom stereocenters. The van der Waals surface area contributed by atoms with Gasteiger partial charge in [-0.2, -0.15) is 0 Å². The second-order valence-corrected chi connectivity index (χ2v) is 9.47. The molecule has 2 amide bonds. The molecule has 2 N–H and O–H groups in total. The number of aromatic nitrogens is 1. The second-order valence-electron chi connectivity index (χ2n) is 8.44. The maximum Gasteiger partial charge on any atom is 0.251 e. The van der Waals surface area contributed by atoms with Gasteiger partial charge in [0.2, 0.25) is 5.91 Å². The van der Waals surface area contributed by atoms with Crippen LogP contribution in [0.3, 0.4) is 0 Å². The minimum absolute atomic E-state index is 0.0556. The van der Waals surface area contributed by atoms with Crippen LogP contribution in [-0.2, 0) is 17.8 Å². The predicted molar refractivity (Wildman–Crippen MR) is 143 cm³/mol. The van der Waals surface area contributed by atoms with Gasteiger partial charge in [0.1, 0.15) is 12.4 Å². The molecule has 0 radical (unpaired) electrons. The van der Waals surface area contributed by atoms with Gasteiger partial charge in [-0.15, -0.1) is 11.3 Å². The Labute approximate surface area is 215 Å². The van der Waals surface area contributed by atoms with Crippen LogP contribution in [0.2, 0.25) is 0 Å². The molecule has 2 heterocycles. The number of hydrogen-bond donors (Lipinski definition) is 2. The molecule has 2 aromatic heterocycles. The number of carbonyl (C=O) groups excluding carboxylic acids is 2. The minimum atomic E-state index is -0.230. The second kappa shape index (κ2) is 12.7. The van der Waals surface area contributed by atoms with E-state index < -0.39 is 0 Å². The first kappa shape index (κ1) is 25.1. The summed E-state index contributed by atoms with van der Waals surface area (Å²) in [6.45, 7) is 2.30. The van der Waals surface area contributed by atoms with Crippen molar-refractivity contribution in [2.75, 3.05) is 5.32 Å². The Morgan fingerprint density at radius 2 is 1.89 bits per heavy atom. The van der Waals surface area contributed by atoms with Gasteiger partial charge in [-0.1, -0.05) is 30.3 Å². The molecule has 2 aromatic carbocycles. The molecule has 0 bridgehead atoms. The molecule has 0 aliphatic carbocycles. The molecule has 1 unspecified atom stereocenters. The summed E-state index contributed by atoms with van der Waals surface area (Å²) in [5.41, 5.74) is 2.87. The molecule has 0 saturated carbocycles. The lowest BCUT2D eigenvalue weighted by Crippen LogP contribution is -2.26. The van der Waals surface area contributed by atoms with Crippen LogP contribution in [0, 0.1) is 0 Å². The zero-order chi connectivity index (χ0) is 25.2. The van der Waals surface area contributed by atoms with Crippen LogP contribution in [0.4, 0.5) is 5.69 Å². The number of amides is 2. The van der Waals surface area contributed by atoms with Gasteiger partial charge in [0.15, 0.2) is 0 Å². The SMILES string of the molecule is CC(NC(=O)c1cccc(NC(=O)CCCc2cccs2)c1)c1cccc(OCc2ccccn2)c1. The van der Waals surface area contributed by atoms with E-state index in [1.807, 2.05) is 60.8 Å². The quantitative estimate of drug-likeness (QED) is 0.258. The smallest absolute Gasteiger partial charge is 0.251 e. The average Bonchev–Trinajstić information content (AvgIpc) is 3.42. The zero-order valence-corrected chi connectivity index (χ0v) is 21.0. The average molecular weight is 500 g/mol. The summed E-state index contributed by atoms with van der Waals surface area (Å²) in [6, 6.07) is 24.2. The monoisotopic (exact) mass is 499 g/mol. The van der Waals surface area contributed by atoms with Crippen molar-refractivity contribution in [1.82, 2.24) is 10.3 Å². The maximum absolute atomic E-state index is 12.9. The van der Waals surface area contributed by atoms with Gasteiger partial charge in [-0.25, -0.2) is 0 Å². The molecule has 0 saturated heterocycles. The number of nitrogens with one attached hydrogen (secondary N) is 2. The van der Waals surface area contributed by atoms with Crippen LogP contribution in [-0.4, -0.2) is 16.8 Å². The van der Waals surface area contributed by atoms with E-state index in [4.69, 9.17) is 4.74 Å². The van der Waals surface area contributed by atoms with Crippen molar-refractivity contribution in [1.29, 1.82) is 0 Å². The molecule has 0 fully saturated rings. The van der Waals surface area contributed by atoms with Crippen molar-refractivity contribution >= 4 is 28.8 Å². The van der Waals surface area contributed by atoms with E-state index in [-0.39, 0.29) is 17.9 Å². The van der Waals surface area contributed by atoms with Crippen molar-refractivity contribution in [2.24, 2.45) is 0 Å². The number of thiophene rings is 1. The van der Waals surface area contributed by atoms with E-state index in [9.17, 15) is 9.59 Å². The zero-order valence-electron chi connectivity index (χ0n) is 20.1. The number of ether oxygens (including phenoxy) is 1. The lowest BCUT2D eigenvalue weighted by Gasteiger charge is -2.16. The molecule has 6 nitrogen and oxygen atoms in total. The topological polar surface area (TPSA) is 80.3 Å². The van der Waals surface area contributed by atoms with E-state index >= 15 is 0 Å². The summed E-state index contributed by atoms with van der Waals surface area (Å²) in [6.07, 6.45) is 3.85. The summed E-state index contributed by atoms with van der Waals surface area (Å²) in [4.78, 5) is 30.8. The third-order valence-corrected chi connectivity index (χ3v) is 6.57. The standard InChI is InChI=1S/C29H29N3O3S/c1-21(22-8-5-12-26(19-22)35-20-25-10-2-3-16-30-25)31-29(34)23-9-4-11-24(18-23)32-28(33)15-6-13-27-14-7-17-36-27/h2-5,7-12,14,16-19,21H,6,13,15,20H2,1H3,(H,31,34)(H,32,33). The first-order chi connectivity index (χ1) is 17.6. The number of rotatable bonds is 11. The number of pyridine rings is 1. The van der Waals surface area contributed by atoms with E-state index in [0.717, 1.165) is 24.1 Å². The van der Waals surface area contributed by atoms with Gasteiger partial charge in [0.25, 0.3) is 5.91 Å². The predicted octanol–water partition coefficient (Wildman–Crippen LogP) is 6.17. The molecule has 4 rings (SSSR count). The van der Waals surface area contributed by atoms with Gasteiger partial charge >= 0.3 is 0 Å². The van der Waals surface area contributed by atoms with Gasteiger partial charge in [0, 0.05) is 28.7 Å². The molecular formula is C29H29N3O3S. The number of nitrogens with zero attached hydrogens (tertiary/aromatic N) is 1. The fourth-order valence-corrected chi connectivity index (χ4v) is 4.47. The normalized spacial score (nSPS) is 11.5. The fourth-order valence-electron chi connectivity index (χ4n) is 3.72. The summed E-state index contributed by atoms with van der Waals surface area (Å²) in [7, 11) is 0. The lowest BCUT2D eigenvalue weighted by molar-refractivity contribution is -0.116. The minimum Gasteiger partial charge on any atom is -0.487 e. The molecule has 0 aliphatic heterocycles. The highest BCUT2D eigenvalue weighted by molar-refractivity contribution is 7.09. The summed E-state index contributed by atoms with van der Waals surface area (Å²) in [5, 5.41) is 7.97. The molecule has 0 spiro atoms. The van der Waals surface area contributed by atoms with Crippen LogP contribution in [0.5, 0.6) is 5.75 Å². The Morgan fingerprint density at radius 3 is 2.69 bits per heavy atom. The number of carbonyl (C=O) groups is 2. The van der Waals surface area contributed by atoms with Crippen LogP contribution in [0.1, 0.15) is 52.3 Å². The van der Waals surface area contributed by atoms with E-state index in [1.165, 1.54) is 4.88 Å². The van der Waals surface area contributed by atoms with Gasteiger partial charge in [-0.3, -0.25) is 14.6 Å². The van der Waals surface area contributed by atoms with Crippen LogP contribution >= 0.6 is 11.3 Å². The Bertz CT molecular complexity index is 1280. The number of benzene rings is 2. The van der Waals surface area contributed by atoms with Crippen LogP contribution < -0.4 is 15.4 Å². The number of hydrogen-bond acceptors (Lipinski definition) is 5. The van der Waals surface area contributed by atoms with Crippen molar-refractivity contribution < 1.29 is 14.3 Å². The van der Waals surface area contributed by atoms with Gasteiger partial charge < -0.3 is 15.4 Å². The van der Waals surface area contributed by atoms with Gasteiger partial charge in [0.05, 0.1) is 11.7 Å². The largest absolute Gasteiger partial charge is 0.487 e. The van der Waals surface area contributed by atoms with Gasteiger partial charge in [-0.05, 0) is 79.2 Å². The highest BCUT2D eigenvalue weighted by atomic mass is 32.1. The first-order valence-corrected chi connectivity index (χ1v) is 12.8.